The van der Waals surface area contributed by atoms with Gasteiger partial charge in [-0.3, -0.25) is 0 Å². The van der Waals surface area contributed by atoms with E-state index in [9.17, 15) is 0 Å². The highest BCUT2D eigenvalue weighted by Gasteiger charge is 2.07. The topological polar surface area (TPSA) is 31.4 Å². The molecular formula is C16H30N4. The van der Waals surface area contributed by atoms with E-state index in [1.54, 1.807) is 0 Å². The first-order chi connectivity index (χ1) is 9.56. The molecule has 0 radical (unpaired) electrons. The number of aromatic nitrogens is 1. The molecule has 0 bridgehead atoms. The Morgan fingerprint density at radius 1 is 1.10 bits per heavy atom. The highest BCUT2D eigenvalue weighted by molar-refractivity contribution is 5.42. The molecule has 0 aliphatic carbocycles. The van der Waals surface area contributed by atoms with Crippen LogP contribution >= 0.6 is 0 Å². The fourth-order valence-electron chi connectivity index (χ4n) is 1.99. The molecular weight excluding hydrogens is 248 g/mol. The molecule has 1 aromatic rings. The Labute approximate surface area is 124 Å². The van der Waals surface area contributed by atoms with E-state index in [4.69, 9.17) is 4.98 Å². The van der Waals surface area contributed by atoms with E-state index in [2.05, 4.69) is 62.2 Å². The molecule has 0 saturated carbocycles. The lowest BCUT2D eigenvalue weighted by Gasteiger charge is -2.22. The second kappa shape index (κ2) is 8.93. The molecule has 1 aromatic heterocycles. The lowest BCUT2D eigenvalue weighted by Crippen LogP contribution is -2.29. The maximum Gasteiger partial charge on any atom is 0.128 e. The second-order valence-electron chi connectivity index (χ2n) is 5.58. The summed E-state index contributed by atoms with van der Waals surface area (Å²) in [7, 11) is 6.32. The third-order valence-corrected chi connectivity index (χ3v) is 3.32. The standard InChI is InChI=1S/C16H30N4/c1-6-8-17-13-14-11-15(7-2)18-16(12-14)20(5)10-9-19(3)4/h11-12,17H,6-10,13H2,1-5H3. The first-order valence-electron chi connectivity index (χ1n) is 7.63. The first kappa shape index (κ1) is 16.9. The van der Waals surface area contributed by atoms with E-state index in [0.717, 1.165) is 38.4 Å². The Bertz CT molecular complexity index is 390. The summed E-state index contributed by atoms with van der Waals surface area (Å²) in [6.45, 7) is 8.38. The minimum atomic E-state index is 0.928. The second-order valence-corrected chi connectivity index (χ2v) is 5.58. The summed E-state index contributed by atoms with van der Waals surface area (Å²) >= 11 is 0. The van der Waals surface area contributed by atoms with Gasteiger partial charge in [-0.05, 0) is 51.2 Å². The average Bonchev–Trinajstić information content (AvgIpc) is 2.44. The van der Waals surface area contributed by atoms with Crippen LogP contribution in [-0.4, -0.2) is 50.7 Å². The molecule has 0 aliphatic heterocycles. The number of aryl methyl sites for hydroxylation is 1. The van der Waals surface area contributed by atoms with Crippen LogP contribution in [0.15, 0.2) is 12.1 Å². The van der Waals surface area contributed by atoms with Crippen LogP contribution in [0.2, 0.25) is 0 Å². The van der Waals surface area contributed by atoms with Crippen molar-refractivity contribution in [2.75, 3.05) is 45.7 Å². The van der Waals surface area contributed by atoms with Crippen LogP contribution in [0.25, 0.3) is 0 Å². The van der Waals surface area contributed by atoms with Gasteiger partial charge in [0.1, 0.15) is 5.82 Å². The SMILES string of the molecule is CCCNCc1cc(CC)nc(N(C)CCN(C)C)c1. The van der Waals surface area contributed by atoms with E-state index in [1.165, 1.54) is 17.7 Å². The molecule has 20 heavy (non-hydrogen) atoms. The smallest absolute Gasteiger partial charge is 0.128 e. The average molecular weight is 278 g/mol. The largest absolute Gasteiger partial charge is 0.358 e. The Morgan fingerprint density at radius 2 is 1.85 bits per heavy atom. The molecule has 4 nitrogen and oxygen atoms in total. The van der Waals surface area contributed by atoms with Crippen molar-refractivity contribution in [1.29, 1.82) is 0 Å². The van der Waals surface area contributed by atoms with E-state index < -0.39 is 0 Å². The molecule has 0 aliphatic rings. The summed E-state index contributed by atoms with van der Waals surface area (Å²) in [5.74, 6) is 1.08. The number of likely N-dealkylation sites (N-methyl/N-ethyl adjacent to an activating group) is 2. The molecule has 0 saturated heterocycles. The molecule has 1 rings (SSSR count). The molecule has 0 fully saturated rings. The van der Waals surface area contributed by atoms with Crippen LogP contribution < -0.4 is 10.2 Å². The van der Waals surface area contributed by atoms with Crippen LogP contribution in [0.4, 0.5) is 5.82 Å². The predicted molar refractivity (Wildman–Crippen MR) is 87.4 cm³/mol. The van der Waals surface area contributed by atoms with Crippen molar-refractivity contribution in [3.8, 4) is 0 Å². The number of hydrogen-bond donors (Lipinski definition) is 1. The van der Waals surface area contributed by atoms with Crippen molar-refractivity contribution in [2.24, 2.45) is 0 Å². The van der Waals surface area contributed by atoms with E-state index in [0.29, 0.717) is 0 Å². The molecule has 4 heteroatoms. The fraction of sp³-hybridized carbons (Fsp3) is 0.688. The molecule has 0 amide bonds. The van der Waals surface area contributed by atoms with Gasteiger partial charge in [0.15, 0.2) is 0 Å². The summed E-state index contributed by atoms with van der Waals surface area (Å²) in [4.78, 5) is 9.17. The van der Waals surface area contributed by atoms with Gasteiger partial charge in [0.05, 0.1) is 0 Å². The summed E-state index contributed by atoms with van der Waals surface area (Å²) in [6.07, 6.45) is 2.15. The lowest BCUT2D eigenvalue weighted by molar-refractivity contribution is 0.416. The number of nitrogens with one attached hydrogen (secondary N) is 1. The predicted octanol–water partition coefficient (Wildman–Crippen LogP) is 2.14. The van der Waals surface area contributed by atoms with Gasteiger partial charge in [-0.25, -0.2) is 4.98 Å². The van der Waals surface area contributed by atoms with Crippen LogP contribution in [0.3, 0.4) is 0 Å². The van der Waals surface area contributed by atoms with Gasteiger partial charge in [-0.15, -0.1) is 0 Å². The van der Waals surface area contributed by atoms with E-state index in [-0.39, 0.29) is 0 Å². The summed E-state index contributed by atoms with van der Waals surface area (Å²) in [6, 6.07) is 4.42. The monoisotopic (exact) mass is 278 g/mol. The van der Waals surface area contributed by atoms with Gasteiger partial charge in [0.2, 0.25) is 0 Å². The first-order valence-corrected chi connectivity index (χ1v) is 7.63. The quantitative estimate of drug-likeness (QED) is 0.701. The van der Waals surface area contributed by atoms with Crippen molar-refractivity contribution in [1.82, 2.24) is 15.2 Å². The van der Waals surface area contributed by atoms with Gasteiger partial charge in [-0.2, -0.15) is 0 Å². The summed E-state index contributed by atoms with van der Waals surface area (Å²) in [5.41, 5.74) is 2.50. The molecule has 1 N–H and O–H groups in total. The Hall–Kier alpha value is -1.13. The molecule has 0 aromatic carbocycles. The third kappa shape index (κ3) is 5.88. The molecule has 0 unspecified atom stereocenters. The van der Waals surface area contributed by atoms with Gasteiger partial charge >= 0.3 is 0 Å². The van der Waals surface area contributed by atoms with Crippen LogP contribution in [0, 0.1) is 0 Å². The Balaban J connectivity index is 2.75. The number of nitrogens with zero attached hydrogens (tertiary/aromatic N) is 3. The van der Waals surface area contributed by atoms with Crippen LogP contribution in [0.5, 0.6) is 0 Å². The summed E-state index contributed by atoms with van der Waals surface area (Å²) in [5, 5.41) is 3.46. The molecule has 0 spiro atoms. The Morgan fingerprint density at radius 3 is 2.45 bits per heavy atom. The zero-order chi connectivity index (χ0) is 15.0. The van der Waals surface area contributed by atoms with Crippen molar-refractivity contribution in [3.63, 3.8) is 0 Å². The summed E-state index contributed by atoms with van der Waals surface area (Å²) < 4.78 is 0. The lowest BCUT2D eigenvalue weighted by atomic mass is 10.2. The van der Waals surface area contributed by atoms with E-state index >= 15 is 0 Å². The van der Waals surface area contributed by atoms with Crippen LogP contribution in [0.1, 0.15) is 31.5 Å². The molecule has 0 atom stereocenters. The number of anilines is 1. The van der Waals surface area contributed by atoms with Gasteiger partial charge in [0.25, 0.3) is 0 Å². The van der Waals surface area contributed by atoms with E-state index in [1.807, 2.05) is 0 Å². The zero-order valence-corrected chi connectivity index (χ0v) is 13.7. The fourth-order valence-corrected chi connectivity index (χ4v) is 1.99. The minimum absolute atomic E-state index is 0.928. The van der Waals surface area contributed by atoms with Crippen molar-refractivity contribution in [3.05, 3.63) is 23.4 Å². The number of hydrogen-bond acceptors (Lipinski definition) is 4. The number of rotatable bonds is 9. The van der Waals surface area contributed by atoms with Gasteiger partial charge < -0.3 is 15.1 Å². The highest BCUT2D eigenvalue weighted by Crippen LogP contribution is 2.14. The maximum atomic E-state index is 4.74. The van der Waals surface area contributed by atoms with Crippen molar-refractivity contribution >= 4 is 5.82 Å². The van der Waals surface area contributed by atoms with Gasteiger partial charge in [0, 0.05) is 32.4 Å². The maximum absolute atomic E-state index is 4.74. The number of pyridine rings is 1. The Kier molecular flexibility index (Phi) is 7.55. The van der Waals surface area contributed by atoms with Gasteiger partial charge in [-0.1, -0.05) is 13.8 Å². The normalized spacial score (nSPS) is 11.1. The molecule has 114 valence electrons. The van der Waals surface area contributed by atoms with Crippen molar-refractivity contribution < 1.29 is 0 Å². The highest BCUT2D eigenvalue weighted by atomic mass is 15.2. The third-order valence-electron chi connectivity index (χ3n) is 3.32. The molecule has 1 heterocycles. The van der Waals surface area contributed by atoms with Crippen molar-refractivity contribution in [2.45, 2.75) is 33.2 Å². The minimum Gasteiger partial charge on any atom is -0.358 e. The zero-order valence-electron chi connectivity index (χ0n) is 13.7. The van der Waals surface area contributed by atoms with Crippen LogP contribution in [-0.2, 0) is 13.0 Å².